The molecule has 1 aromatic heterocycles. The lowest BCUT2D eigenvalue weighted by Crippen LogP contribution is -2.20. The Hall–Kier alpha value is -5.41. The molecule has 0 spiro atoms. The van der Waals surface area contributed by atoms with Crippen LogP contribution in [0.1, 0.15) is 0 Å². The first-order valence-corrected chi connectivity index (χ1v) is 13.9. The maximum Gasteiger partial charge on any atom is 0.333 e. The van der Waals surface area contributed by atoms with Crippen molar-refractivity contribution in [3.8, 4) is 27.9 Å². The maximum atomic E-state index is 13.2. The second-order valence-electron chi connectivity index (χ2n) is 10.6. The van der Waals surface area contributed by atoms with Gasteiger partial charge in [0.15, 0.2) is 0 Å². The number of nitrogens with zero attached hydrogens (tertiary/aromatic N) is 2. The Morgan fingerprint density at radius 3 is 1.59 bits per heavy atom. The van der Waals surface area contributed by atoms with Gasteiger partial charge in [0.05, 0.1) is 16.7 Å². The Balaban J connectivity index is 1.37. The molecule has 3 heteroatoms. The Kier molecular flexibility index (Phi) is 5.19. The van der Waals surface area contributed by atoms with Gasteiger partial charge in [-0.15, -0.1) is 0 Å². The minimum atomic E-state index is -0.0467. The monoisotopic (exact) mass is 526 g/mol. The standard InChI is InChI=1S/C38H26N2O/c1-39-34-16-8-9-17-35(34)40(38(39)41)29-22-20-26(21-23-29)36-30-12-4-6-14-32(30)37(33-15-7-5-13-31(33)36)28-19-18-25-10-2-3-11-27(25)24-28/h2-24H,1H3. The molecule has 1 heterocycles. The molecule has 8 aromatic rings. The molecular weight excluding hydrogens is 500 g/mol. The number of rotatable bonds is 3. The molecule has 0 unspecified atom stereocenters. The van der Waals surface area contributed by atoms with Crippen LogP contribution in [0.15, 0.2) is 144 Å². The Morgan fingerprint density at radius 2 is 0.951 bits per heavy atom. The van der Waals surface area contributed by atoms with Gasteiger partial charge in [-0.1, -0.05) is 109 Å². The lowest BCUT2D eigenvalue weighted by Gasteiger charge is -2.18. The van der Waals surface area contributed by atoms with E-state index in [1.54, 1.807) is 9.13 Å². The van der Waals surface area contributed by atoms with Crippen LogP contribution < -0.4 is 5.69 Å². The highest BCUT2D eigenvalue weighted by molar-refractivity contribution is 6.21. The second kappa shape index (κ2) is 9.07. The molecule has 0 fully saturated rings. The summed E-state index contributed by atoms with van der Waals surface area (Å²) in [4.78, 5) is 13.2. The van der Waals surface area contributed by atoms with Gasteiger partial charge < -0.3 is 0 Å². The highest BCUT2D eigenvalue weighted by Crippen LogP contribution is 2.44. The molecule has 0 aliphatic carbocycles. The number of aromatic nitrogens is 2. The van der Waals surface area contributed by atoms with E-state index in [-0.39, 0.29) is 5.69 Å². The normalized spacial score (nSPS) is 11.6. The molecule has 0 saturated heterocycles. The van der Waals surface area contributed by atoms with Gasteiger partial charge in [-0.3, -0.25) is 9.13 Å². The number of benzene rings is 7. The van der Waals surface area contributed by atoms with Crippen molar-refractivity contribution in [2.45, 2.75) is 0 Å². The van der Waals surface area contributed by atoms with Crippen LogP contribution in [0.5, 0.6) is 0 Å². The predicted octanol–water partition coefficient (Wildman–Crippen LogP) is 9.12. The molecule has 41 heavy (non-hydrogen) atoms. The molecule has 0 aliphatic rings. The van der Waals surface area contributed by atoms with Crippen molar-refractivity contribution in [3.05, 3.63) is 150 Å². The molecule has 8 rings (SSSR count). The van der Waals surface area contributed by atoms with Crippen LogP contribution >= 0.6 is 0 Å². The van der Waals surface area contributed by atoms with E-state index in [0.717, 1.165) is 22.3 Å². The largest absolute Gasteiger partial charge is 0.333 e. The van der Waals surface area contributed by atoms with Crippen LogP contribution in [0.4, 0.5) is 0 Å². The van der Waals surface area contributed by atoms with Gasteiger partial charge in [0.25, 0.3) is 0 Å². The van der Waals surface area contributed by atoms with Gasteiger partial charge in [0.2, 0.25) is 0 Å². The Morgan fingerprint density at radius 1 is 0.463 bits per heavy atom. The number of aryl methyl sites for hydroxylation is 1. The second-order valence-corrected chi connectivity index (χ2v) is 10.6. The molecule has 7 aromatic carbocycles. The highest BCUT2D eigenvalue weighted by Gasteiger charge is 2.17. The third-order valence-corrected chi connectivity index (χ3v) is 8.35. The summed E-state index contributed by atoms with van der Waals surface area (Å²) in [7, 11) is 1.82. The van der Waals surface area contributed by atoms with E-state index < -0.39 is 0 Å². The van der Waals surface area contributed by atoms with Crippen molar-refractivity contribution in [2.75, 3.05) is 0 Å². The van der Waals surface area contributed by atoms with Gasteiger partial charge in [0, 0.05) is 7.05 Å². The fraction of sp³-hybridized carbons (Fsp3) is 0.0263. The fourth-order valence-electron chi connectivity index (χ4n) is 6.41. The topological polar surface area (TPSA) is 26.9 Å². The van der Waals surface area contributed by atoms with Crippen LogP contribution in [-0.2, 0) is 7.05 Å². The Bertz CT molecular complexity index is 2280. The quantitative estimate of drug-likeness (QED) is 0.211. The van der Waals surface area contributed by atoms with Crippen molar-refractivity contribution in [2.24, 2.45) is 7.05 Å². The van der Waals surface area contributed by atoms with E-state index in [9.17, 15) is 4.79 Å². The molecular formula is C38H26N2O. The molecule has 0 aliphatic heterocycles. The first-order valence-electron chi connectivity index (χ1n) is 13.9. The predicted molar refractivity (Wildman–Crippen MR) is 172 cm³/mol. The molecule has 0 atom stereocenters. The average molecular weight is 527 g/mol. The van der Waals surface area contributed by atoms with E-state index in [4.69, 9.17) is 0 Å². The van der Waals surface area contributed by atoms with Crippen molar-refractivity contribution in [1.82, 2.24) is 9.13 Å². The third kappa shape index (κ3) is 3.56. The molecule has 3 nitrogen and oxygen atoms in total. The first-order chi connectivity index (χ1) is 20.2. The zero-order valence-electron chi connectivity index (χ0n) is 22.6. The zero-order valence-corrected chi connectivity index (χ0v) is 22.6. The van der Waals surface area contributed by atoms with Crippen LogP contribution in [0.3, 0.4) is 0 Å². The van der Waals surface area contributed by atoms with Crippen molar-refractivity contribution in [1.29, 1.82) is 0 Å². The van der Waals surface area contributed by atoms with Gasteiger partial charge in [0.1, 0.15) is 0 Å². The third-order valence-electron chi connectivity index (χ3n) is 8.35. The summed E-state index contributed by atoms with van der Waals surface area (Å²) in [5.41, 5.74) is 7.44. The number of para-hydroxylation sites is 2. The van der Waals surface area contributed by atoms with Gasteiger partial charge in [-0.25, -0.2) is 4.79 Å². The smallest absolute Gasteiger partial charge is 0.295 e. The number of imidazole rings is 1. The zero-order chi connectivity index (χ0) is 27.5. The van der Waals surface area contributed by atoms with Crippen LogP contribution in [-0.4, -0.2) is 9.13 Å². The minimum Gasteiger partial charge on any atom is -0.295 e. The summed E-state index contributed by atoms with van der Waals surface area (Å²) in [5.74, 6) is 0. The number of hydrogen-bond donors (Lipinski definition) is 0. The van der Waals surface area contributed by atoms with E-state index in [0.29, 0.717) is 0 Å². The Labute approximate surface area is 237 Å². The van der Waals surface area contributed by atoms with E-state index >= 15 is 0 Å². The first kappa shape index (κ1) is 23.5. The molecule has 0 amide bonds. The van der Waals surface area contributed by atoms with Gasteiger partial charge in [-0.2, -0.15) is 0 Å². The van der Waals surface area contributed by atoms with Crippen LogP contribution in [0.25, 0.3) is 71.3 Å². The van der Waals surface area contributed by atoms with E-state index in [2.05, 4.69) is 115 Å². The number of hydrogen-bond acceptors (Lipinski definition) is 1. The summed E-state index contributed by atoms with van der Waals surface area (Å²) in [6, 6.07) is 49.0. The molecule has 0 saturated carbocycles. The van der Waals surface area contributed by atoms with Gasteiger partial charge in [-0.05, 0) is 84.9 Å². The lowest BCUT2D eigenvalue weighted by atomic mass is 9.85. The summed E-state index contributed by atoms with van der Waals surface area (Å²) in [6.45, 7) is 0. The SMILES string of the molecule is Cn1c(=O)n(-c2ccc(-c3c4ccccc4c(-c4ccc5ccccc5c4)c4ccccc34)cc2)c2ccccc21. The van der Waals surface area contributed by atoms with E-state index in [1.165, 1.54) is 49.0 Å². The minimum absolute atomic E-state index is 0.0467. The molecule has 0 radical (unpaired) electrons. The number of fused-ring (bicyclic) bond motifs is 4. The average Bonchev–Trinajstić information content (AvgIpc) is 3.29. The fourth-order valence-corrected chi connectivity index (χ4v) is 6.41. The van der Waals surface area contributed by atoms with Gasteiger partial charge >= 0.3 is 5.69 Å². The molecule has 0 N–H and O–H groups in total. The van der Waals surface area contributed by atoms with Crippen LogP contribution in [0, 0.1) is 0 Å². The summed E-state index contributed by atoms with van der Waals surface area (Å²) in [5, 5.41) is 7.36. The van der Waals surface area contributed by atoms with E-state index in [1.807, 2.05) is 31.3 Å². The molecule has 0 bridgehead atoms. The van der Waals surface area contributed by atoms with Crippen molar-refractivity contribution in [3.63, 3.8) is 0 Å². The highest BCUT2D eigenvalue weighted by atomic mass is 16.1. The van der Waals surface area contributed by atoms with Crippen LogP contribution in [0.2, 0.25) is 0 Å². The maximum absolute atomic E-state index is 13.2. The van der Waals surface area contributed by atoms with Crippen molar-refractivity contribution < 1.29 is 0 Å². The molecule has 194 valence electrons. The van der Waals surface area contributed by atoms with Crippen molar-refractivity contribution >= 4 is 43.4 Å². The summed E-state index contributed by atoms with van der Waals surface area (Å²) in [6.07, 6.45) is 0. The summed E-state index contributed by atoms with van der Waals surface area (Å²) < 4.78 is 3.49. The lowest BCUT2D eigenvalue weighted by molar-refractivity contribution is 0.846. The summed E-state index contributed by atoms with van der Waals surface area (Å²) >= 11 is 0.